The lowest BCUT2D eigenvalue weighted by atomic mass is 9.92. The fraction of sp³-hybridized carbons (Fsp3) is 0.571. The van der Waals surface area contributed by atoms with Crippen molar-refractivity contribution in [1.82, 2.24) is 5.32 Å². The van der Waals surface area contributed by atoms with Crippen LogP contribution in [0.5, 0.6) is 5.75 Å². The molecule has 3 nitrogen and oxygen atoms in total. The summed E-state index contributed by atoms with van der Waals surface area (Å²) in [6.45, 7) is 0.811. The summed E-state index contributed by atoms with van der Waals surface area (Å²) < 4.78 is 5.12. The first kappa shape index (κ1) is 12.4. The SMILES string of the molecule is COc1ccc(CN[C@H]2CCCC[C@@H]2O)cc1. The Morgan fingerprint density at radius 1 is 1.24 bits per heavy atom. The molecule has 2 rings (SSSR count). The highest BCUT2D eigenvalue weighted by Crippen LogP contribution is 2.19. The third kappa shape index (κ3) is 3.45. The number of hydrogen-bond acceptors (Lipinski definition) is 3. The van der Waals surface area contributed by atoms with Crippen LogP contribution in [-0.2, 0) is 6.54 Å². The lowest BCUT2D eigenvalue weighted by Gasteiger charge is -2.28. The van der Waals surface area contributed by atoms with E-state index in [1.54, 1.807) is 7.11 Å². The summed E-state index contributed by atoms with van der Waals surface area (Å²) in [6, 6.07) is 8.30. The van der Waals surface area contributed by atoms with Crippen LogP contribution in [0, 0.1) is 0 Å². The van der Waals surface area contributed by atoms with Gasteiger partial charge >= 0.3 is 0 Å². The van der Waals surface area contributed by atoms with Gasteiger partial charge in [-0.2, -0.15) is 0 Å². The lowest BCUT2D eigenvalue weighted by molar-refractivity contribution is 0.0902. The maximum absolute atomic E-state index is 9.85. The van der Waals surface area contributed by atoms with Crippen LogP contribution in [0.15, 0.2) is 24.3 Å². The van der Waals surface area contributed by atoms with Gasteiger partial charge in [-0.25, -0.2) is 0 Å². The summed E-state index contributed by atoms with van der Waals surface area (Å²) in [7, 11) is 1.67. The Balaban J connectivity index is 1.84. The van der Waals surface area contributed by atoms with Gasteiger partial charge in [0.25, 0.3) is 0 Å². The third-order valence-electron chi connectivity index (χ3n) is 3.46. The normalized spacial score (nSPS) is 24.6. The summed E-state index contributed by atoms with van der Waals surface area (Å²) in [4.78, 5) is 0. The highest BCUT2D eigenvalue weighted by atomic mass is 16.5. The predicted molar refractivity (Wildman–Crippen MR) is 68.1 cm³/mol. The van der Waals surface area contributed by atoms with Gasteiger partial charge in [0.1, 0.15) is 5.75 Å². The van der Waals surface area contributed by atoms with E-state index in [0.717, 1.165) is 31.6 Å². The van der Waals surface area contributed by atoms with E-state index in [-0.39, 0.29) is 12.1 Å². The molecule has 0 aliphatic heterocycles. The molecular formula is C14H21NO2. The summed E-state index contributed by atoms with van der Waals surface area (Å²) in [5, 5.41) is 13.3. The zero-order valence-corrected chi connectivity index (χ0v) is 10.4. The molecule has 1 aromatic carbocycles. The second-order valence-corrected chi connectivity index (χ2v) is 4.69. The molecule has 0 heterocycles. The Bertz CT molecular complexity index is 337. The van der Waals surface area contributed by atoms with Gasteiger partial charge in [0.2, 0.25) is 0 Å². The lowest BCUT2D eigenvalue weighted by Crippen LogP contribution is -2.41. The monoisotopic (exact) mass is 235 g/mol. The smallest absolute Gasteiger partial charge is 0.118 e. The summed E-state index contributed by atoms with van der Waals surface area (Å²) in [6.07, 6.45) is 4.21. The molecule has 1 aliphatic rings. The number of ether oxygens (including phenoxy) is 1. The molecule has 0 bridgehead atoms. The van der Waals surface area contributed by atoms with Crippen molar-refractivity contribution in [2.75, 3.05) is 7.11 Å². The molecule has 1 aliphatic carbocycles. The summed E-state index contributed by atoms with van der Waals surface area (Å²) >= 11 is 0. The highest BCUT2D eigenvalue weighted by molar-refractivity contribution is 5.27. The molecule has 17 heavy (non-hydrogen) atoms. The number of methoxy groups -OCH3 is 1. The number of hydrogen-bond donors (Lipinski definition) is 2. The average Bonchev–Trinajstić information content (AvgIpc) is 2.38. The van der Waals surface area contributed by atoms with Gasteiger partial charge in [0.15, 0.2) is 0 Å². The van der Waals surface area contributed by atoms with Crippen molar-refractivity contribution >= 4 is 0 Å². The minimum Gasteiger partial charge on any atom is -0.497 e. The van der Waals surface area contributed by atoms with Crippen LogP contribution in [-0.4, -0.2) is 24.4 Å². The van der Waals surface area contributed by atoms with Gasteiger partial charge in [-0.3, -0.25) is 0 Å². The van der Waals surface area contributed by atoms with Crippen LogP contribution < -0.4 is 10.1 Å². The number of aliphatic hydroxyl groups is 1. The molecule has 0 radical (unpaired) electrons. The minimum atomic E-state index is -0.179. The van der Waals surface area contributed by atoms with Crippen molar-refractivity contribution in [2.24, 2.45) is 0 Å². The van der Waals surface area contributed by atoms with E-state index in [2.05, 4.69) is 17.4 Å². The van der Waals surface area contributed by atoms with Crippen LogP contribution in [0.25, 0.3) is 0 Å². The van der Waals surface area contributed by atoms with E-state index >= 15 is 0 Å². The number of benzene rings is 1. The number of nitrogens with one attached hydrogen (secondary N) is 1. The van der Waals surface area contributed by atoms with E-state index in [0.29, 0.717) is 0 Å². The van der Waals surface area contributed by atoms with E-state index in [1.807, 2.05) is 12.1 Å². The molecule has 1 saturated carbocycles. The molecule has 0 spiro atoms. The molecule has 1 fully saturated rings. The van der Waals surface area contributed by atoms with Crippen LogP contribution in [0.3, 0.4) is 0 Å². The van der Waals surface area contributed by atoms with Crippen molar-refractivity contribution in [3.63, 3.8) is 0 Å². The third-order valence-corrected chi connectivity index (χ3v) is 3.46. The first-order valence-corrected chi connectivity index (χ1v) is 6.34. The fourth-order valence-corrected chi connectivity index (χ4v) is 2.34. The first-order valence-electron chi connectivity index (χ1n) is 6.34. The quantitative estimate of drug-likeness (QED) is 0.839. The zero-order valence-electron chi connectivity index (χ0n) is 10.4. The molecule has 3 heteroatoms. The standard InChI is InChI=1S/C14H21NO2/c1-17-12-8-6-11(7-9-12)10-15-13-4-2-3-5-14(13)16/h6-9,13-16H,2-5,10H2,1H3/t13-,14-/m0/s1. The van der Waals surface area contributed by atoms with Crippen molar-refractivity contribution in [2.45, 2.75) is 44.4 Å². The maximum atomic E-state index is 9.85. The van der Waals surface area contributed by atoms with Crippen molar-refractivity contribution in [3.05, 3.63) is 29.8 Å². The second-order valence-electron chi connectivity index (χ2n) is 4.69. The summed E-state index contributed by atoms with van der Waals surface area (Å²) in [5.74, 6) is 0.881. The van der Waals surface area contributed by atoms with Crippen LogP contribution in [0.1, 0.15) is 31.2 Å². The van der Waals surface area contributed by atoms with Gasteiger partial charge in [-0.15, -0.1) is 0 Å². The second kappa shape index (κ2) is 6.03. The molecule has 0 saturated heterocycles. The molecular weight excluding hydrogens is 214 g/mol. The molecule has 0 amide bonds. The van der Waals surface area contributed by atoms with Crippen molar-refractivity contribution in [3.8, 4) is 5.75 Å². The zero-order chi connectivity index (χ0) is 12.1. The number of aliphatic hydroxyl groups excluding tert-OH is 1. The van der Waals surface area contributed by atoms with Crippen LogP contribution in [0.2, 0.25) is 0 Å². The molecule has 0 aromatic heterocycles. The Morgan fingerprint density at radius 3 is 2.59 bits per heavy atom. The van der Waals surface area contributed by atoms with Gasteiger partial charge in [0.05, 0.1) is 13.2 Å². The molecule has 2 atom stereocenters. The van der Waals surface area contributed by atoms with Crippen LogP contribution >= 0.6 is 0 Å². The van der Waals surface area contributed by atoms with Crippen LogP contribution in [0.4, 0.5) is 0 Å². The molecule has 2 N–H and O–H groups in total. The summed E-state index contributed by atoms with van der Waals surface area (Å²) in [5.41, 5.74) is 1.23. The Morgan fingerprint density at radius 2 is 1.94 bits per heavy atom. The van der Waals surface area contributed by atoms with E-state index < -0.39 is 0 Å². The van der Waals surface area contributed by atoms with E-state index in [9.17, 15) is 5.11 Å². The van der Waals surface area contributed by atoms with Crippen molar-refractivity contribution in [1.29, 1.82) is 0 Å². The number of rotatable bonds is 4. The first-order chi connectivity index (χ1) is 8.29. The van der Waals surface area contributed by atoms with Crippen molar-refractivity contribution < 1.29 is 9.84 Å². The maximum Gasteiger partial charge on any atom is 0.118 e. The molecule has 1 aromatic rings. The van der Waals surface area contributed by atoms with Gasteiger partial charge in [-0.1, -0.05) is 25.0 Å². The average molecular weight is 235 g/mol. The fourth-order valence-electron chi connectivity index (χ4n) is 2.34. The van der Waals surface area contributed by atoms with Gasteiger partial charge < -0.3 is 15.2 Å². The van der Waals surface area contributed by atoms with Gasteiger partial charge in [-0.05, 0) is 30.5 Å². The Hall–Kier alpha value is -1.06. The minimum absolute atomic E-state index is 0.179. The highest BCUT2D eigenvalue weighted by Gasteiger charge is 2.21. The molecule has 0 unspecified atom stereocenters. The van der Waals surface area contributed by atoms with E-state index in [4.69, 9.17) is 4.74 Å². The topological polar surface area (TPSA) is 41.5 Å². The Kier molecular flexibility index (Phi) is 4.40. The predicted octanol–water partition coefficient (Wildman–Crippen LogP) is 2.09. The molecule has 94 valence electrons. The largest absolute Gasteiger partial charge is 0.497 e. The van der Waals surface area contributed by atoms with Gasteiger partial charge in [0, 0.05) is 12.6 Å². The van der Waals surface area contributed by atoms with E-state index in [1.165, 1.54) is 12.0 Å². The Labute approximate surface area is 103 Å².